The Balaban J connectivity index is 1.79. The van der Waals surface area contributed by atoms with Crippen LogP contribution in [-0.2, 0) is 4.79 Å². The minimum Gasteiger partial charge on any atom is -0.324 e. The van der Waals surface area contributed by atoms with E-state index in [1.54, 1.807) is 0 Å². The second-order valence-electron chi connectivity index (χ2n) is 4.61. The molecule has 0 saturated heterocycles. The SMILES string of the molecule is Cc1ccc(NC(=O)CCNC2CC2)c(C)n1. The van der Waals surface area contributed by atoms with Gasteiger partial charge in [-0.15, -0.1) is 0 Å². The lowest BCUT2D eigenvalue weighted by atomic mass is 10.2. The summed E-state index contributed by atoms with van der Waals surface area (Å²) in [5.41, 5.74) is 2.65. The van der Waals surface area contributed by atoms with E-state index in [0.717, 1.165) is 23.6 Å². The van der Waals surface area contributed by atoms with E-state index in [1.807, 2.05) is 26.0 Å². The molecule has 2 rings (SSSR count). The van der Waals surface area contributed by atoms with Crippen LogP contribution < -0.4 is 10.6 Å². The first-order valence-electron chi connectivity index (χ1n) is 6.12. The van der Waals surface area contributed by atoms with Crippen LogP contribution >= 0.6 is 0 Å². The maximum absolute atomic E-state index is 11.7. The molecular formula is C13H19N3O. The molecule has 0 atom stereocenters. The van der Waals surface area contributed by atoms with Gasteiger partial charge in [-0.1, -0.05) is 0 Å². The van der Waals surface area contributed by atoms with Crippen LogP contribution in [0.4, 0.5) is 5.69 Å². The molecule has 0 unspecified atom stereocenters. The highest BCUT2D eigenvalue weighted by Crippen LogP contribution is 2.18. The van der Waals surface area contributed by atoms with Gasteiger partial charge in [-0.3, -0.25) is 9.78 Å². The highest BCUT2D eigenvalue weighted by atomic mass is 16.1. The number of carbonyl (C=O) groups is 1. The highest BCUT2D eigenvalue weighted by molar-refractivity contribution is 5.91. The van der Waals surface area contributed by atoms with Crippen molar-refractivity contribution < 1.29 is 4.79 Å². The van der Waals surface area contributed by atoms with Crippen molar-refractivity contribution in [2.45, 2.75) is 39.2 Å². The van der Waals surface area contributed by atoms with E-state index in [9.17, 15) is 4.79 Å². The van der Waals surface area contributed by atoms with Crippen LogP contribution in [0, 0.1) is 13.8 Å². The average molecular weight is 233 g/mol. The molecule has 1 aliphatic rings. The van der Waals surface area contributed by atoms with Gasteiger partial charge in [-0.05, 0) is 38.8 Å². The van der Waals surface area contributed by atoms with Gasteiger partial charge in [0.25, 0.3) is 0 Å². The first-order chi connectivity index (χ1) is 8.15. The summed E-state index contributed by atoms with van der Waals surface area (Å²) < 4.78 is 0. The van der Waals surface area contributed by atoms with Gasteiger partial charge in [0.15, 0.2) is 0 Å². The van der Waals surface area contributed by atoms with E-state index in [2.05, 4.69) is 15.6 Å². The monoisotopic (exact) mass is 233 g/mol. The number of nitrogens with one attached hydrogen (secondary N) is 2. The Morgan fingerprint density at radius 2 is 2.18 bits per heavy atom. The van der Waals surface area contributed by atoms with Crippen LogP contribution in [0.15, 0.2) is 12.1 Å². The lowest BCUT2D eigenvalue weighted by Gasteiger charge is -2.08. The zero-order valence-corrected chi connectivity index (χ0v) is 10.4. The van der Waals surface area contributed by atoms with E-state index in [1.165, 1.54) is 12.8 Å². The molecule has 0 bridgehead atoms. The van der Waals surface area contributed by atoms with E-state index in [4.69, 9.17) is 0 Å². The van der Waals surface area contributed by atoms with E-state index in [0.29, 0.717) is 12.5 Å². The first kappa shape index (κ1) is 12.0. The largest absolute Gasteiger partial charge is 0.324 e. The topological polar surface area (TPSA) is 54.0 Å². The summed E-state index contributed by atoms with van der Waals surface area (Å²) in [6.45, 7) is 4.61. The molecule has 1 fully saturated rings. The number of anilines is 1. The first-order valence-corrected chi connectivity index (χ1v) is 6.12. The summed E-state index contributed by atoms with van der Waals surface area (Å²) in [7, 11) is 0. The third kappa shape index (κ3) is 3.82. The fraction of sp³-hybridized carbons (Fsp3) is 0.538. The molecule has 4 heteroatoms. The quantitative estimate of drug-likeness (QED) is 0.815. The van der Waals surface area contributed by atoms with Crippen molar-refractivity contribution >= 4 is 11.6 Å². The van der Waals surface area contributed by atoms with Crippen molar-refractivity contribution in [3.05, 3.63) is 23.5 Å². The van der Waals surface area contributed by atoms with Gasteiger partial charge in [0.1, 0.15) is 0 Å². The van der Waals surface area contributed by atoms with Crippen molar-refractivity contribution in [3.8, 4) is 0 Å². The summed E-state index contributed by atoms with van der Waals surface area (Å²) in [5.74, 6) is 0.0481. The summed E-state index contributed by atoms with van der Waals surface area (Å²) in [6.07, 6.45) is 3.02. The molecule has 1 aromatic heterocycles. The Labute approximate surface area is 102 Å². The van der Waals surface area contributed by atoms with Crippen LogP contribution in [0.2, 0.25) is 0 Å². The maximum Gasteiger partial charge on any atom is 0.225 e. The second kappa shape index (κ2) is 5.27. The fourth-order valence-corrected chi connectivity index (χ4v) is 1.71. The Bertz CT molecular complexity index is 413. The highest BCUT2D eigenvalue weighted by Gasteiger charge is 2.20. The van der Waals surface area contributed by atoms with E-state index >= 15 is 0 Å². The predicted octanol–water partition coefficient (Wildman–Crippen LogP) is 1.78. The summed E-state index contributed by atoms with van der Waals surface area (Å²) >= 11 is 0. The Hall–Kier alpha value is -1.42. The number of rotatable bonds is 5. The summed E-state index contributed by atoms with van der Waals surface area (Å²) in [5, 5.41) is 6.21. The molecule has 2 N–H and O–H groups in total. The van der Waals surface area contributed by atoms with E-state index < -0.39 is 0 Å². The van der Waals surface area contributed by atoms with Crippen molar-refractivity contribution in [1.29, 1.82) is 0 Å². The third-order valence-corrected chi connectivity index (χ3v) is 2.86. The molecule has 1 amide bonds. The van der Waals surface area contributed by atoms with Crippen molar-refractivity contribution in [2.75, 3.05) is 11.9 Å². The van der Waals surface area contributed by atoms with Gasteiger partial charge in [0.2, 0.25) is 5.91 Å². The predicted molar refractivity (Wildman–Crippen MR) is 68.0 cm³/mol. The zero-order chi connectivity index (χ0) is 12.3. The summed E-state index contributed by atoms with van der Waals surface area (Å²) in [4.78, 5) is 16.0. The Morgan fingerprint density at radius 3 is 2.82 bits per heavy atom. The van der Waals surface area contributed by atoms with E-state index in [-0.39, 0.29) is 5.91 Å². The number of pyridine rings is 1. The third-order valence-electron chi connectivity index (χ3n) is 2.86. The molecule has 0 spiro atoms. The molecule has 17 heavy (non-hydrogen) atoms. The van der Waals surface area contributed by atoms with Gasteiger partial charge in [0, 0.05) is 24.7 Å². The number of hydrogen-bond donors (Lipinski definition) is 2. The molecule has 1 aliphatic carbocycles. The lowest BCUT2D eigenvalue weighted by molar-refractivity contribution is -0.116. The molecule has 1 aromatic rings. The zero-order valence-electron chi connectivity index (χ0n) is 10.4. The van der Waals surface area contributed by atoms with Gasteiger partial charge in [-0.2, -0.15) is 0 Å². The molecule has 92 valence electrons. The van der Waals surface area contributed by atoms with Crippen molar-refractivity contribution in [1.82, 2.24) is 10.3 Å². The Kier molecular flexibility index (Phi) is 3.74. The summed E-state index contributed by atoms with van der Waals surface area (Å²) in [6, 6.07) is 4.47. The number of carbonyl (C=O) groups excluding carboxylic acids is 1. The van der Waals surface area contributed by atoms with Crippen LogP contribution in [0.25, 0.3) is 0 Å². The number of hydrogen-bond acceptors (Lipinski definition) is 3. The fourth-order valence-electron chi connectivity index (χ4n) is 1.71. The number of amides is 1. The lowest BCUT2D eigenvalue weighted by Crippen LogP contribution is -2.23. The van der Waals surface area contributed by atoms with Crippen LogP contribution in [0.1, 0.15) is 30.7 Å². The molecule has 0 aliphatic heterocycles. The van der Waals surface area contributed by atoms with Gasteiger partial charge >= 0.3 is 0 Å². The van der Waals surface area contributed by atoms with Gasteiger partial charge in [-0.25, -0.2) is 0 Å². The van der Waals surface area contributed by atoms with Gasteiger partial charge in [0.05, 0.1) is 11.4 Å². The number of aryl methyl sites for hydroxylation is 2. The minimum absolute atomic E-state index is 0.0481. The molecule has 1 heterocycles. The molecule has 4 nitrogen and oxygen atoms in total. The van der Waals surface area contributed by atoms with Crippen LogP contribution in [-0.4, -0.2) is 23.5 Å². The Morgan fingerprint density at radius 1 is 1.41 bits per heavy atom. The number of aromatic nitrogens is 1. The normalized spacial score (nSPS) is 14.7. The average Bonchev–Trinajstić information content (AvgIpc) is 3.06. The van der Waals surface area contributed by atoms with Crippen LogP contribution in [0.3, 0.4) is 0 Å². The molecule has 0 aromatic carbocycles. The van der Waals surface area contributed by atoms with Crippen LogP contribution in [0.5, 0.6) is 0 Å². The second-order valence-corrected chi connectivity index (χ2v) is 4.61. The maximum atomic E-state index is 11.7. The molecular weight excluding hydrogens is 214 g/mol. The molecule has 1 saturated carbocycles. The smallest absolute Gasteiger partial charge is 0.225 e. The standard InChI is InChI=1S/C13H19N3O/c1-9-3-6-12(10(2)15-9)16-13(17)7-8-14-11-4-5-11/h3,6,11,14H,4-5,7-8H2,1-2H3,(H,16,17). The minimum atomic E-state index is 0.0481. The number of nitrogens with zero attached hydrogens (tertiary/aromatic N) is 1. The van der Waals surface area contributed by atoms with Crippen molar-refractivity contribution in [3.63, 3.8) is 0 Å². The molecule has 0 radical (unpaired) electrons. The van der Waals surface area contributed by atoms with Crippen molar-refractivity contribution in [2.24, 2.45) is 0 Å². The van der Waals surface area contributed by atoms with Gasteiger partial charge < -0.3 is 10.6 Å².